The van der Waals surface area contributed by atoms with E-state index >= 15 is 0 Å². The molecule has 3 aromatic rings. The molecule has 1 N–H and O–H groups in total. The van der Waals surface area contributed by atoms with Gasteiger partial charge in [-0.1, -0.05) is 11.6 Å². The van der Waals surface area contributed by atoms with Crippen molar-refractivity contribution in [3.63, 3.8) is 0 Å². The lowest BCUT2D eigenvalue weighted by Crippen LogP contribution is -2.39. The van der Waals surface area contributed by atoms with Gasteiger partial charge < -0.3 is 4.90 Å². The molecule has 1 fully saturated rings. The number of carbonyl (C=O) groups is 1. The summed E-state index contributed by atoms with van der Waals surface area (Å²) >= 11 is 5.92. The zero-order valence-corrected chi connectivity index (χ0v) is 15.9. The first kappa shape index (κ1) is 18.3. The van der Waals surface area contributed by atoms with Gasteiger partial charge in [0.1, 0.15) is 0 Å². The van der Waals surface area contributed by atoms with Crippen molar-refractivity contribution in [2.45, 2.75) is 18.8 Å². The van der Waals surface area contributed by atoms with Crippen LogP contribution in [0.2, 0.25) is 5.02 Å². The molecule has 7 nitrogen and oxygen atoms in total. The van der Waals surface area contributed by atoms with Crippen LogP contribution in [0, 0.1) is 0 Å². The minimum absolute atomic E-state index is 0.0199. The molecule has 0 spiro atoms. The van der Waals surface area contributed by atoms with Gasteiger partial charge >= 0.3 is 0 Å². The Labute approximate surface area is 167 Å². The third-order valence-corrected chi connectivity index (χ3v) is 4.94. The first-order chi connectivity index (χ1) is 13.7. The van der Waals surface area contributed by atoms with Crippen molar-refractivity contribution >= 4 is 29.4 Å². The predicted molar refractivity (Wildman–Crippen MR) is 107 cm³/mol. The Morgan fingerprint density at radius 2 is 1.79 bits per heavy atom. The molecule has 3 heterocycles. The van der Waals surface area contributed by atoms with E-state index in [2.05, 4.69) is 25.3 Å². The minimum atomic E-state index is 0.0199. The SMILES string of the molecule is O=C(c1ccc(Cl)cc1)N1CCC[C@@H](c2ccnc(Nc3ncccn3)n2)C1. The van der Waals surface area contributed by atoms with E-state index in [-0.39, 0.29) is 11.8 Å². The molecule has 1 saturated heterocycles. The standard InChI is InChI=1S/C20H19ClN6O/c21-16-6-4-14(5-7-16)18(28)27-12-1-3-15(13-27)17-8-11-24-20(25-17)26-19-22-9-2-10-23-19/h2,4-11,15H,1,3,12-13H2,(H,22,23,24,25,26)/t15-/m1/s1. The van der Waals surface area contributed by atoms with Gasteiger partial charge in [-0.05, 0) is 49.2 Å². The maximum Gasteiger partial charge on any atom is 0.253 e. The number of anilines is 2. The summed E-state index contributed by atoms with van der Waals surface area (Å²) in [5.41, 5.74) is 1.55. The summed E-state index contributed by atoms with van der Waals surface area (Å²) in [5, 5.41) is 3.63. The number of aromatic nitrogens is 4. The molecule has 142 valence electrons. The number of piperidine rings is 1. The average molecular weight is 395 g/mol. The van der Waals surface area contributed by atoms with E-state index in [0.717, 1.165) is 25.1 Å². The topological polar surface area (TPSA) is 83.9 Å². The van der Waals surface area contributed by atoms with Gasteiger partial charge in [0.25, 0.3) is 5.91 Å². The van der Waals surface area contributed by atoms with Crippen molar-refractivity contribution in [3.05, 3.63) is 71.3 Å². The molecule has 4 rings (SSSR count). The predicted octanol–water partition coefficient (Wildman–Crippen LogP) is 3.68. The van der Waals surface area contributed by atoms with Crippen LogP contribution in [0.3, 0.4) is 0 Å². The van der Waals surface area contributed by atoms with Gasteiger partial charge in [0.15, 0.2) is 0 Å². The maximum atomic E-state index is 12.8. The zero-order valence-electron chi connectivity index (χ0n) is 15.1. The third-order valence-electron chi connectivity index (χ3n) is 4.68. The second-order valence-electron chi connectivity index (χ2n) is 6.60. The molecule has 2 aromatic heterocycles. The van der Waals surface area contributed by atoms with Crippen LogP contribution in [0.4, 0.5) is 11.9 Å². The van der Waals surface area contributed by atoms with Gasteiger partial charge in [-0.2, -0.15) is 0 Å². The van der Waals surface area contributed by atoms with Crippen molar-refractivity contribution in [3.8, 4) is 0 Å². The molecule has 1 aliphatic heterocycles. The highest BCUT2D eigenvalue weighted by Crippen LogP contribution is 2.27. The molecule has 0 aliphatic carbocycles. The summed E-state index contributed by atoms with van der Waals surface area (Å²) in [7, 11) is 0. The van der Waals surface area contributed by atoms with Crippen LogP contribution < -0.4 is 5.32 Å². The summed E-state index contributed by atoms with van der Waals surface area (Å²) < 4.78 is 0. The Bertz CT molecular complexity index is 950. The quantitative estimate of drug-likeness (QED) is 0.726. The summed E-state index contributed by atoms with van der Waals surface area (Å²) in [6, 6.07) is 10.7. The van der Waals surface area contributed by atoms with Crippen LogP contribution in [-0.4, -0.2) is 43.8 Å². The first-order valence-electron chi connectivity index (χ1n) is 9.11. The third kappa shape index (κ3) is 4.26. The number of hydrogen-bond donors (Lipinski definition) is 1. The van der Waals surface area contributed by atoms with E-state index in [9.17, 15) is 4.79 Å². The van der Waals surface area contributed by atoms with E-state index in [0.29, 0.717) is 29.0 Å². The molecule has 8 heteroatoms. The Hall–Kier alpha value is -3.06. The smallest absolute Gasteiger partial charge is 0.253 e. The van der Waals surface area contributed by atoms with Crippen LogP contribution in [0.5, 0.6) is 0 Å². The number of benzene rings is 1. The summed E-state index contributed by atoms with van der Waals surface area (Å²) in [6.45, 7) is 1.37. The summed E-state index contributed by atoms with van der Waals surface area (Å²) in [6.07, 6.45) is 6.93. The lowest BCUT2D eigenvalue weighted by Gasteiger charge is -2.32. The number of nitrogens with one attached hydrogen (secondary N) is 1. The zero-order chi connectivity index (χ0) is 19.3. The highest BCUT2D eigenvalue weighted by molar-refractivity contribution is 6.30. The molecule has 1 aromatic carbocycles. The van der Waals surface area contributed by atoms with Crippen LogP contribution in [0.15, 0.2) is 55.0 Å². The van der Waals surface area contributed by atoms with Gasteiger partial charge in [0.05, 0.1) is 5.69 Å². The fourth-order valence-corrected chi connectivity index (χ4v) is 3.43. The molecular formula is C20H19ClN6O. The number of likely N-dealkylation sites (tertiary alicyclic amines) is 1. The van der Waals surface area contributed by atoms with E-state index in [4.69, 9.17) is 11.6 Å². The number of amides is 1. The number of halogens is 1. The Morgan fingerprint density at radius 1 is 1.04 bits per heavy atom. The van der Waals surface area contributed by atoms with Crippen LogP contribution in [0.25, 0.3) is 0 Å². The van der Waals surface area contributed by atoms with Gasteiger partial charge in [0, 0.05) is 48.2 Å². The normalized spacial score (nSPS) is 16.6. The van der Waals surface area contributed by atoms with E-state index < -0.39 is 0 Å². The average Bonchev–Trinajstić information content (AvgIpc) is 2.75. The lowest BCUT2D eigenvalue weighted by atomic mass is 9.94. The Kier molecular flexibility index (Phi) is 5.43. The number of nitrogens with zero attached hydrogens (tertiary/aromatic N) is 5. The maximum absolute atomic E-state index is 12.8. The van der Waals surface area contributed by atoms with E-state index in [1.807, 2.05) is 11.0 Å². The van der Waals surface area contributed by atoms with Crippen LogP contribution >= 0.6 is 11.6 Å². The molecule has 1 atom stereocenters. The van der Waals surface area contributed by atoms with Crippen molar-refractivity contribution in [2.75, 3.05) is 18.4 Å². The molecular weight excluding hydrogens is 376 g/mol. The molecule has 0 radical (unpaired) electrons. The fraction of sp³-hybridized carbons (Fsp3) is 0.250. The Balaban J connectivity index is 1.48. The highest BCUT2D eigenvalue weighted by Gasteiger charge is 2.26. The van der Waals surface area contributed by atoms with Gasteiger partial charge in [-0.25, -0.2) is 19.9 Å². The molecule has 1 amide bonds. The van der Waals surface area contributed by atoms with Crippen molar-refractivity contribution in [1.82, 2.24) is 24.8 Å². The minimum Gasteiger partial charge on any atom is -0.338 e. The monoisotopic (exact) mass is 394 g/mol. The molecule has 28 heavy (non-hydrogen) atoms. The van der Waals surface area contributed by atoms with Crippen LogP contribution in [-0.2, 0) is 0 Å². The Morgan fingerprint density at radius 3 is 2.57 bits per heavy atom. The second kappa shape index (κ2) is 8.31. The number of rotatable bonds is 4. The molecule has 0 bridgehead atoms. The van der Waals surface area contributed by atoms with Crippen LogP contribution in [0.1, 0.15) is 34.8 Å². The first-order valence-corrected chi connectivity index (χ1v) is 9.48. The van der Waals surface area contributed by atoms with Crippen molar-refractivity contribution in [2.24, 2.45) is 0 Å². The number of hydrogen-bond acceptors (Lipinski definition) is 6. The summed E-state index contributed by atoms with van der Waals surface area (Å²) in [5.74, 6) is 1.07. The largest absolute Gasteiger partial charge is 0.338 e. The summed E-state index contributed by atoms with van der Waals surface area (Å²) in [4.78, 5) is 31.8. The fourth-order valence-electron chi connectivity index (χ4n) is 3.30. The number of carbonyl (C=O) groups excluding carboxylic acids is 1. The van der Waals surface area contributed by atoms with E-state index in [1.165, 1.54) is 0 Å². The lowest BCUT2D eigenvalue weighted by molar-refractivity contribution is 0.0706. The second-order valence-corrected chi connectivity index (χ2v) is 7.04. The molecule has 0 saturated carbocycles. The van der Waals surface area contributed by atoms with Gasteiger partial charge in [-0.15, -0.1) is 0 Å². The highest BCUT2D eigenvalue weighted by atomic mass is 35.5. The van der Waals surface area contributed by atoms with Crippen molar-refractivity contribution < 1.29 is 4.79 Å². The van der Waals surface area contributed by atoms with E-state index in [1.54, 1.807) is 48.9 Å². The molecule has 1 aliphatic rings. The van der Waals surface area contributed by atoms with Crippen molar-refractivity contribution in [1.29, 1.82) is 0 Å². The molecule has 0 unspecified atom stereocenters. The van der Waals surface area contributed by atoms with Gasteiger partial charge in [-0.3, -0.25) is 10.1 Å². The van der Waals surface area contributed by atoms with Gasteiger partial charge in [0.2, 0.25) is 11.9 Å².